The van der Waals surface area contributed by atoms with Crippen LogP contribution in [0.15, 0.2) is 59.2 Å². The fourth-order valence-corrected chi connectivity index (χ4v) is 14.8. The number of β-amino-alcohol motifs (C(OH)–C–C–N with tert-alkyl or cyclic N) is 1. The smallest absolute Gasteiger partial charge is 0.248 e. The number of rotatable bonds is 15. The monoisotopic (exact) mass is 1140 g/mol. The minimum absolute atomic E-state index is 0.00719. The van der Waals surface area contributed by atoms with E-state index in [4.69, 9.17) is 29.7 Å². The lowest BCUT2D eigenvalue weighted by Crippen LogP contribution is -2.50. The lowest BCUT2D eigenvalue weighted by atomic mass is 9.63. The lowest BCUT2D eigenvalue weighted by Gasteiger charge is -2.39. The van der Waals surface area contributed by atoms with Crippen LogP contribution in [0, 0.1) is 34.9 Å². The zero-order valence-electron chi connectivity index (χ0n) is 46.0. The number of thiazole rings is 1. The number of carbonyl (C=O) groups excluding carboxylic acids is 2. The van der Waals surface area contributed by atoms with Gasteiger partial charge in [-0.1, -0.05) is 43.3 Å². The number of aliphatic hydroxyl groups excluding tert-OH is 1. The number of halogens is 1. The maximum Gasteiger partial charge on any atom is 0.248 e. The quantitative estimate of drug-likeness (QED) is 0.0866. The number of carbonyl (C=O) groups is 2. The molecule has 422 valence electrons. The van der Waals surface area contributed by atoms with Crippen molar-refractivity contribution in [1.82, 2.24) is 60.2 Å². The van der Waals surface area contributed by atoms with Crippen molar-refractivity contribution >= 4 is 39.5 Å². The number of anilines is 1. The molecule has 8 heterocycles. The number of nitriles is 1. The number of likely N-dealkylation sites (tertiary alicyclic amines) is 2. The molecule has 2 saturated heterocycles. The summed E-state index contributed by atoms with van der Waals surface area (Å²) in [6.45, 7) is 12.4. The Hall–Kier alpha value is -7.26. The highest BCUT2D eigenvalue weighted by atomic mass is 32.1. The normalized spacial score (nSPS) is 21.5. The van der Waals surface area contributed by atoms with Gasteiger partial charge in [-0.15, -0.1) is 27.8 Å². The Morgan fingerprint density at radius 2 is 1.84 bits per heavy atom. The van der Waals surface area contributed by atoms with E-state index in [0.29, 0.717) is 57.9 Å². The van der Waals surface area contributed by atoms with Crippen LogP contribution in [-0.4, -0.2) is 117 Å². The van der Waals surface area contributed by atoms with Crippen molar-refractivity contribution in [2.24, 2.45) is 10.8 Å². The van der Waals surface area contributed by atoms with Gasteiger partial charge in [-0.2, -0.15) is 15.2 Å². The number of nitrogens with two attached hydrogens (primary N) is 1. The van der Waals surface area contributed by atoms with Gasteiger partial charge in [0, 0.05) is 53.0 Å². The topological polar surface area (TPSA) is 262 Å². The summed E-state index contributed by atoms with van der Waals surface area (Å²) in [7, 11) is 0. The number of hydrogen-bond donors (Lipinski definition) is 3. The molecule has 5 aliphatic rings. The first kappa shape index (κ1) is 54.3. The van der Waals surface area contributed by atoms with Gasteiger partial charge in [0.2, 0.25) is 23.6 Å². The first-order valence-electron chi connectivity index (χ1n) is 27.9. The van der Waals surface area contributed by atoms with Crippen LogP contribution in [0.3, 0.4) is 0 Å². The predicted octanol–water partition coefficient (Wildman–Crippen LogP) is 8.82. The number of hydrogen-bond acceptors (Lipinski definition) is 19. The van der Waals surface area contributed by atoms with Gasteiger partial charge in [0.1, 0.15) is 35.3 Å². The number of thiophene rings is 1. The molecular weight excluding hydrogens is 1070 g/mol. The first-order chi connectivity index (χ1) is 39.0. The summed E-state index contributed by atoms with van der Waals surface area (Å²) >= 11 is 2.87. The van der Waals surface area contributed by atoms with E-state index in [1.54, 1.807) is 47.7 Å². The van der Waals surface area contributed by atoms with Gasteiger partial charge in [-0.25, -0.2) is 24.0 Å². The predicted molar refractivity (Wildman–Crippen MR) is 299 cm³/mol. The Morgan fingerprint density at radius 1 is 1.07 bits per heavy atom. The third-order valence-electron chi connectivity index (χ3n) is 17.1. The Kier molecular flexibility index (Phi) is 14.5. The first-order valence-corrected chi connectivity index (χ1v) is 29.6. The van der Waals surface area contributed by atoms with Crippen LogP contribution in [-0.2, 0) is 27.8 Å². The van der Waals surface area contributed by atoms with Crippen LogP contribution in [0.2, 0.25) is 0 Å². The highest BCUT2D eigenvalue weighted by Gasteiger charge is 2.50. The molecule has 2 amide bonds. The highest BCUT2D eigenvalue weighted by Crippen LogP contribution is 2.55. The van der Waals surface area contributed by atoms with Gasteiger partial charge in [-0.05, 0) is 114 Å². The average Bonchev–Trinajstić information content (AvgIpc) is 4.06. The van der Waals surface area contributed by atoms with Crippen molar-refractivity contribution in [2.45, 2.75) is 141 Å². The molecule has 7 aromatic rings. The number of nitrogen functional groups attached to an aromatic ring is 1. The SMILES string of the molecule is Cc1ncsc1-c1ccc([C@H](C)NC(=O)[C@@H]2C[C@@H](O)CN2C(=O)[C@@H](n2cc(C3CCN(CC4(COc5cc(Oc6cncnc6)nc(-c6noc7c6CCC[C@@]76CCCc7sc(N)c(C#N)c76)n5)CC4)CC3)nn2)C(C)(C)C)cc1F. The van der Waals surface area contributed by atoms with Crippen LogP contribution in [0.1, 0.15) is 148 Å². The molecule has 81 heavy (non-hydrogen) atoms. The summed E-state index contributed by atoms with van der Waals surface area (Å²) in [5.41, 5.74) is 12.5. The fraction of sp³-hybridized carbons (Fsp3) is 0.500. The molecule has 0 bridgehead atoms. The number of aromatic nitrogens is 9. The average molecular weight is 1140 g/mol. The van der Waals surface area contributed by atoms with Gasteiger partial charge in [0.15, 0.2) is 23.0 Å². The molecule has 0 unspecified atom stereocenters. The number of benzene rings is 1. The number of aryl methyl sites for hydroxylation is 2. The zero-order chi connectivity index (χ0) is 56.4. The largest absolute Gasteiger partial charge is 0.477 e. The van der Waals surface area contributed by atoms with Gasteiger partial charge in [-0.3, -0.25) is 9.59 Å². The number of amides is 2. The molecule has 5 atom stereocenters. The summed E-state index contributed by atoms with van der Waals surface area (Å²) in [5, 5.41) is 38.5. The van der Waals surface area contributed by atoms with E-state index >= 15 is 4.39 Å². The molecule has 0 radical (unpaired) electrons. The molecule has 12 rings (SSSR count). The Bertz CT molecular complexity index is 3540. The van der Waals surface area contributed by atoms with E-state index in [1.165, 1.54) is 40.0 Å². The number of piperidine rings is 1. The summed E-state index contributed by atoms with van der Waals surface area (Å²) in [4.78, 5) is 56.8. The lowest BCUT2D eigenvalue weighted by molar-refractivity contribution is -0.144. The van der Waals surface area contributed by atoms with Crippen molar-refractivity contribution in [3.63, 3.8) is 0 Å². The van der Waals surface area contributed by atoms with Crippen molar-refractivity contribution < 1.29 is 33.1 Å². The standard InChI is InChI=1S/C58H65FN14O6S2/c1-32(35-10-11-38(41(59)20-35)49-33(2)64-31-80-49)65-54(75)43-21-36(74)26-72(43)55(76)50(56(3,4)5)73-27-42(68-70-73)34-12-18-71(19-13-34)28-57(16-17-57)29-77-45-22-46(78-37-24-62-30-63-25-37)67-53(66-45)48-39-8-6-14-58(51(39)79-69-48)15-7-9-44-47(58)40(23-60)52(61)81-44/h10-11,20,22,24-25,27,30-32,34,36,43,50,74H,6-9,12-19,21,26,28-29,61H2,1-5H3,(H,65,75)/t32-,36+,43-,50+,58-/m0/s1. The summed E-state index contributed by atoms with van der Waals surface area (Å²) in [6, 6.07) is 6.66. The van der Waals surface area contributed by atoms with Crippen molar-refractivity contribution in [3.8, 4) is 45.5 Å². The number of fused-ring (bicyclic) bond motifs is 4. The van der Waals surface area contributed by atoms with E-state index in [-0.39, 0.29) is 36.1 Å². The molecule has 3 aliphatic carbocycles. The maximum atomic E-state index is 15.4. The van der Waals surface area contributed by atoms with Gasteiger partial charge < -0.3 is 40.0 Å². The maximum absolute atomic E-state index is 15.4. The molecule has 20 nitrogen and oxygen atoms in total. The Morgan fingerprint density at radius 3 is 2.56 bits per heavy atom. The van der Waals surface area contributed by atoms with E-state index in [2.05, 4.69) is 46.7 Å². The molecule has 1 saturated carbocycles. The van der Waals surface area contributed by atoms with Gasteiger partial charge in [0.05, 0.1) is 70.0 Å². The van der Waals surface area contributed by atoms with Crippen LogP contribution in [0.4, 0.5) is 9.39 Å². The van der Waals surface area contributed by atoms with E-state index in [1.807, 2.05) is 33.9 Å². The van der Waals surface area contributed by atoms with E-state index in [0.717, 1.165) is 115 Å². The summed E-state index contributed by atoms with van der Waals surface area (Å²) in [6.07, 6.45) is 14.4. The molecule has 4 N–H and O–H groups in total. The van der Waals surface area contributed by atoms with Gasteiger partial charge >= 0.3 is 0 Å². The van der Waals surface area contributed by atoms with Crippen LogP contribution >= 0.6 is 22.7 Å². The van der Waals surface area contributed by atoms with Crippen molar-refractivity contribution in [2.75, 3.05) is 38.5 Å². The molecule has 6 aromatic heterocycles. The number of nitrogens with one attached hydrogen (secondary N) is 1. The molecule has 23 heteroatoms. The third-order valence-corrected chi connectivity index (χ3v) is 19.2. The summed E-state index contributed by atoms with van der Waals surface area (Å²) < 4.78 is 36.1. The molecule has 3 fully saturated rings. The van der Waals surface area contributed by atoms with E-state index in [9.17, 15) is 20.0 Å². The Labute approximate surface area is 476 Å². The number of nitrogens with zero attached hydrogens (tertiary/aromatic N) is 12. The zero-order valence-corrected chi connectivity index (χ0v) is 47.7. The second-order valence-electron chi connectivity index (χ2n) is 23.8. The molecular formula is C58H65FN14O6S2. The van der Waals surface area contributed by atoms with Crippen molar-refractivity contribution in [1.29, 1.82) is 5.26 Å². The van der Waals surface area contributed by atoms with E-state index < -0.39 is 46.8 Å². The second kappa shape index (κ2) is 21.6. The number of ether oxygens (including phenoxy) is 2. The molecule has 1 spiro atoms. The summed E-state index contributed by atoms with van der Waals surface area (Å²) in [5.74, 6) is 1.03. The third kappa shape index (κ3) is 10.6. The van der Waals surface area contributed by atoms with Crippen molar-refractivity contribution in [3.05, 3.63) is 105 Å². The van der Waals surface area contributed by atoms with Crippen LogP contribution < -0.4 is 20.5 Å². The second-order valence-corrected chi connectivity index (χ2v) is 25.8. The number of aliphatic hydroxyl groups is 1. The van der Waals surface area contributed by atoms with Crippen LogP contribution in [0.25, 0.3) is 22.0 Å². The molecule has 1 aromatic carbocycles. The van der Waals surface area contributed by atoms with Crippen LogP contribution in [0.5, 0.6) is 17.5 Å². The highest BCUT2D eigenvalue weighted by molar-refractivity contribution is 7.16. The van der Waals surface area contributed by atoms with Gasteiger partial charge in [0.25, 0.3) is 0 Å². The minimum atomic E-state index is -0.937. The minimum Gasteiger partial charge on any atom is -0.477 e. The fourth-order valence-electron chi connectivity index (χ4n) is 12.8. The molecule has 2 aliphatic heterocycles. The Balaban J connectivity index is 0.697.